The summed E-state index contributed by atoms with van der Waals surface area (Å²) < 4.78 is 6.19. The van der Waals surface area contributed by atoms with Crippen LogP contribution in [-0.2, 0) is 19.7 Å². The molecule has 0 radical (unpaired) electrons. The normalized spacial score (nSPS) is 10.6. The summed E-state index contributed by atoms with van der Waals surface area (Å²) in [6, 6.07) is 28.1. The van der Waals surface area contributed by atoms with Crippen molar-refractivity contribution in [2.75, 3.05) is 0 Å². The van der Waals surface area contributed by atoms with E-state index in [1.165, 1.54) is 10.8 Å². The van der Waals surface area contributed by atoms with E-state index in [1.807, 2.05) is 60.7 Å². The molecular formula is C25H22Cl3NO. The van der Waals surface area contributed by atoms with E-state index < -0.39 is 0 Å². The van der Waals surface area contributed by atoms with Crippen LogP contribution in [0, 0.1) is 0 Å². The third kappa shape index (κ3) is 5.27. The second-order valence-corrected chi connectivity index (χ2v) is 7.65. The van der Waals surface area contributed by atoms with Crippen molar-refractivity contribution < 1.29 is 4.74 Å². The number of ether oxygens (including phenoxy) is 1. The van der Waals surface area contributed by atoms with Crippen LogP contribution in [0.1, 0.15) is 16.7 Å². The van der Waals surface area contributed by atoms with Crippen LogP contribution in [0.2, 0.25) is 10.0 Å². The Morgan fingerprint density at radius 2 is 1.30 bits per heavy atom. The van der Waals surface area contributed by atoms with Crippen molar-refractivity contribution in [3.63, 3.8) is 0 Å². The average Bonchev–Trinajstić information content (AvgIpc) is 2.75. The molecule has 4 rings (SSSR count). The summed E-state index contributed by atoms with van der Waals surface area (Å²) in [4.78, 5) is 0. The van der Waals surface area contributed by atoms with Gasteiger partial charge in [-0.25, -0.2) is 0 Å². The molecule has 0 spiro atoms. The first-order chi connectivity index (χ1) is 14.2. The van der Waals surface area contributed by atoms with Crippen LogP contribution >= 0.6 is 35.6 Å². The molecule has 2 nitrogen and oxygen atoms in total. The average molecular weight is 459 g/mol. The molecule has 0 atom stereocenters. The molecule has 0 heterocycles. The lowest BCUT2D eigenvalue weighted by Crippen LogP contribution is -2.14. The van der Waals surface area contributed by atoms with Crippen molar-refractivity contribution >= 4 is 46.4 Å². The number of rotatable bonds is 7. The second kappa shape index (κ2) is 10.7. The standard InChI is InChI=1S/C25H21Cl2NO.ClH/c26-23-11-5-2-8-19(23)15-28-16-22-21-10-4-1-7-18(21)13-14-25(22)29-17-20-9-3-6-12-24(20)27;/h1-14,28H,15-17H2;1H. The minimum Gasteiger partial charge on any atom is -0.488 e. The Kier molecular flexibility index (Phi) is 8.01. The van der Waals surface area contributed by atoms with E-state index in [9.17, 15) is 0 Å². The van der Waals surface area contributed by atoms with Crippen molar-refractivity contribution in [3.05, 3.63) is 112 Å². The van der Waals surface area contributed by atoms with E-state index in [-0.39, 0.29) is 12.4 Å². The number of benzene rings is 4. The fraction of sp³-hybridized carbons (Fsp3) is 0.120. The molecule has 0 bridgehead atoms. The largest absolute Gasteiger partial charge is 0.488 e. The lowest BCUT2D eigenvalue weighted by atomic mass is 10.0. The molecule has 154 valence electrons. The van der Waals surface area contributed by atoms with E-state index in [1.54, 1.807) is 0 Å². The van der Waals surface area contributed by atoms with Gasteiger partial charge in [-0.2, -0.15) is 0 Å². The predicted octanol–water partition coefficient (Wildman–Crippen LogP) is 7.44. The Balaban J connectivity index is 0.00000256. The number of nitrogens with one attached hydrogen (secondary N) is 1. The fourth-order valence-electron chi connectivity index (χ4n) is 3.37. The number of hydrogen-bond donors (Lipinski definition) is 1. The summed E-state index contributed by atoms with van der Waals surface area (Å²) in [5.74, 6) is 0.857. The molecular weight excluding hydrogens is 437 g/mol. The molecule has 30 heavy (non-hydrogen) atoms. The molecule has 0 saturated carbocycles. The van der Waals surface area contributed by atoms with Crippen LogP contribution in [0.3, 0.4) is 0 Å². The highest BCUT2D eigenvalue weighted by Crippen LogP contribution is 2.29. The van der Waals surface area contributed by atoms with E-state index in [4.69, 9.17) is 27.9 Å². The highest BCUT2D eigenvalue weighted by atomic mass is 35.5. The van der Waals surface area contributed by atoms with Gasteiger partial charge in [-0.15, -0.1) is 12.4 Å². The minimum atomic E-state index is 0. The van der Waals surface area contributed by atoms with Crippen LogP contribution in [0.4, 0.5) is 0 Å². The Bertz CT molecular complexity index is 1130. The van der Waals surface area contributed by atoms with Gasteiger partial charge < -0.3 is 10.1 Å². The zero-order valence-corrected chi connectivity index (χ0v) is 18.6. The van der Waals surface area contributed by atoms with Gasteiger partial charge in [0, 0.05) is 34.3 Å². The molecule has 0 saturated heterocycles. The second-order valence-electron chi connectivity index (χ2n) is 6.84. The predicted molar refractivity (Wildman–Crippen MR) is 129 cm³/mol. The van der Waals surface area contributed by atoms with E-state index in [2.05, 4.69) is 29.6 Å². The topological polar surface area (TPSA) is 21.3 Å². The summed E-state index contributed by atoms with van der Waals surface area (Å²) in [5, 5.41) is 7.36. The molecule has 4 aromatic rings. The Labute approximate surface area is 193 Å². The van der Waals surface area contributed by atoms with Crippen molar-refractivity contribution in [2.45, 2.75) is 19.7 Å². The van der Waals surface area contributed by atoms with Gasteiger partial charge in [0.05, 0.1) is 0 Å². The van der Waals surface area contributed by atoms with Gasteiger partial charge in [-0.05, 0) is 34.5 Å². The summed E-state index contributed by atoms with van der Waals surface area (Å²) in [6.07, 6.45) is 0. The van der Waals surface area contributed by atoms with E-state index in [0.29, 0.717) is 24.7 Å². The third-order valence-corrected chi connectivity index (χ3v) is 5.65. The van der Waals surface area contributed by atoms with Gasteiger partial charge in [0.1, 0.15) is 12.4 Å². The maximum absolute atomic E-state index is 6.29. The molecule has 0 aromatic heterocycles. The first-order valence-corrected chi connectivity index (χ1v) is 10.3. The molecule has 0 amide bonds. The van der Waals surface area contributed by atoms with Crippen molar-refractivity contribution in [3.8, 4) is 5.75 Å². The van der Waals surface area contributed by atoms with Crippen LogP contribution in [0.25, 0.3) is 10.8 Å². The maximum Gasteiger partial charge on any atom is 0.124 e. The van der Waals surface area contributed by atoms with Gasteiger partial charge in [-0.1, -0.05) is 89.9 Å². The lowest BCUT2D eigenvalue weighted by molar-refractivity contribution is 0.303. The molecule has 1 N–H and O–H groups in total. The maximum atomic E-state index is 6.29. The zero-order valence-electron chi connectivity index (χ0n) is 16.3. The van der Waals surface area contributed by atoms with E-state index in [0.717, 1.165) is 27.5 Å². The highest BCUT2D eigenvalue weighted by Gasteiger charge is 2.10. The quantitative estimate of drug-likeness (QED) is 0.311. The third-order valence-electron chi connectivity index (χ3n) is 4.91. The van der Waals surface area contributed by atoms with Crippen molar-refractivity contribution in [1.29, 1.82) is 0 Å². The number of fused-ring (bicyclic) bond motifs is 1. The summed E-state index contributed by atoms with van der Waals surface area (Å²) in [5.41, 5.74) is 3.17. The molecule has 0 aliphatic rings. The smallest absolute Gasteiger partial charge is 0.124 e. The zero-order chi connectivity index (χ0) is 20.1. The SMILES string of the molecule is Cl.Clc1ccccc1CNCc1c(OCc2ccccc2Cl)ccc2ccccc12. The Hall–Kier alpha value is -2.23. The molecule has 0 unspecified atom stereocenters. The van der Waals surface area contributed by atoms with Crippen molar-refractivity contribution in [1.82, 2.24) is 5.32 Å². The van der Waals surface area contributed by atoms with Gasteiger partial charge in [0.25, 0.3) is 0 Å². The van der Waals surface area contributed by atoms with Gasteiger partial charge in [-0.3, -0.25) is 0 Å². The minimum absolute atomic E-state index is 0. The summed E-state index contributed by atoms with van der Waals surface area (Å²) >= 11 is 12.6. The molecule has 5 heteroatoms. The first kappa shape index (κ1) is 22.5. The molecule has 0 fully saturated rings. The Morgan fingerprint density at radius 3 is 2.03 bits per heavy atom. The molecule has 0 aliphatic heterocycles. The van der Waals surface area contributed by atoms with E-state index >= 15 is 0 Å². The number of halogens is 3. The monoisotopic (exact) mass is 457 g/mol. The lowest BCUT2D eigenvalue weighted by Gasteiger charge is -2.16. The fourth-order valence-corrected chi connectivity index (χ4v) is 3.76. The van der Waals surface area contributed by atoms with Gasteiger partial charge >= 0.3 is 0 Å². The first-order valence-electron chi connectivity index (χ1n) is 9.53. The van der Waals surface area contributed by atoms with Gasteiger partial charge in [0.15, 0.2) is 0 Å². The Morgan fingerprint density at radius 1 is 0.667 bits per heavy atom. The summed E-state index contributed by atoms with van der Waals surface area (Å²) in [7, 11) is 0. The molecule has 0 aliphatic carbocycles. The highest BCUT2D eigenvalue weighted by molar-refractivity contribution is 6.31. The number of hydrogen-bond acceptors (Lipinski definition) is 2. The summed E-state index contributed by atoms with van der Waals surface area (Å²) in [6.45, 7) is 1.78. The van der Waals surface area contributed by atoms with Crippen LogP contribution in [-0.4, -0.2) is 0 Å². The van der Waals surface area contributed by atoms with Crippen LogP contribution in [0.5, 0.6) is 5.75 Å². The van der Waals surface area contributed by atoms with Crippen LogP contribution < -0.4 is 10.1 Å². The van der Waals surface area contributed by atoms with Crippen LogP contribution in [0.15, 0.2) is 84.9 Å². The molecule has 4 aromatic carbocycles. The van der Waals surface area contributed by atoms with Gasteiger partial charge in [0.2, 0.25) is 0 Å². The van der Waals surface area contributed by atoms with Crippen molar-refractivity contribution in [2.24, 2.45) is 0 Å².